The number of rotatable bonds is 4. The van der Waals surface area contributed by atoms with Crippen LogP contribution < -0.4 is 4.90 Å². The molecule has 6 aromatic carbocycles. The van der Waals surface area contributed by atoms with Crippen molar-refractivity contribution in [3.63, 3.8) is 0 Å². The van der Waals surface area contributed by atoms with Crippen LogP contribution in [0.15, 0.2) is 126 Å². The second-order valence-corrected chi connectivity index (χ2v) is 16.0. The van der Waals surface area contributed by atoms with Crippen LogP contribution >= 0.6 is 0 Å². The minimum atomic E-state index is -0.103. The zero-order valence-corrected chi connectivity index (χ0v) is 29.5. The van der Waals surface area contributed by atoms with E-state index in [0.29, 0.717) is 5.92 Å². The lowest BCUT2D eigenvalue weighted by Crippen LogP contribution is -2.18. The minimum Gasteiger partial charge on any atom is -0.454 e. The smallest absolute Gasteiger partial charge is 0.159 e. The molecule has 10 rings (SSSR count). The second kappa shape index (κ2) is 10.7. The number of benzene rings is 6. The summed E-state index contributed by atoms with van der Waals surface area (Å²) in [5, 5.41) is 2.41. The van der Waals surface area contributed by atoms with Gasteiger partial charge in [0.25, 0.3) is 0 Å². The van der Waals surface area contributed by atoms with E-state index in [0.717, 1.165) is 16.9 Å². The van der Waals surface area contributed by atoms with E-state index in [1.165, 1.54) is 104 Å². The van der Waals surface area contributed by atoms with Gasteiger partial charge in [0.2, 0.25) is 0 Å². The van der Waals surface area contributed by atoms with Crippen LogP contribution in [0.3, 0.4) is 0 Å². The maximum Gasteiger partial charge on any atom is 0.159 e. The normalized spacial score (nSPS) is 17.0. The van der Waals surface area contributed by atoms with Crippen molar-refractivity contribution in [1.82, 2.24) is 0 Å². The monoisotopic (exact) mass is 649 g/mol. The third kappa shape index (κ3) is 4.21. The van der Waals surface area contributed by atoms with Gasteiger partial charge in [-0.1, -0.05) is 126 Å². The molecular formula is C48H43NO. The predicted octanol–water partition coefficient (Wildman–Crippen LogP) is 13.7. The molecule has 0 atom stereocenters. The molecule has 1 aromatic heterocycles. The molecule has 0 aliphatic heterocycles. The highest BCUT2D eigenvalue weighted by Gasteiger charge is 2.38. The van der Waals surface area contributed by atoms with E-state index in [2.05, 4.69) is 154 Å². The van der Waals surface area contributed by atoms with Crippen LogP contribution in [0.2, 0.25) is 0 Å². The molecule has 0 N–H and O–H groups in total. The summed E-state index contributed by atoms with van der Waals surface area (Å²) in [5.41, 5.74) is 17.5. The van der Waals surface area contributed by atoms with Gasteiger partial charge in [-0.3, -0.25) is 0 Å². The van der Waals surface area contributed by atoms with Crippen molar-refractivity contribution in [2.45, 2.75) is 76.5 Å². The third-order valence-corrected chi connectivity index (χ3v) is 12.4. The molecule has 50 heavy (non-hydrogen) atoms. The molecule has 0 amide bonds. The second-order valence-electron chi connectivity index (χ2n) is 16.0. The zero-order valence-electron chi connectivity index (χ0n) is 29.5. The lowest BCUT2D eigenvalue weighted by molar-refractivity contribution is 0.444. The van der Waals surface area contributed by atoms with E-state index < -0.39 is 0 Å². The molecule has 2 heteroatoms. The fraction of sp³-hybridized carbons (Fsp3) is 0.250. The van der Waals surface area contributed by atoms with Crippen LogP contribution in [-0.2, 0) is 10.8 Å². The molecule has 7 aromatic rings. The summed E-state index contributed by atoms with van der Waals surface area (Å²) >= 11 is 0. The SMILES string of the molecule is CC1(C)c2ccccc2-c2ccc(N(c3ccc4c(c3)C(C)(C)c3ccccc3-4)c3cc(C4CCCCC4)cc4c3oc3ccccc34)cc21. The third-order valence-electron chi connectivity index (χ3n) is 12.4. The Morgan fingerprint density at radius 3 is 1.68 bits per heavy atom. The van der Waals surface area contributed by atoms with Crippen LogP contribution in [0.4, 0.5) is 17.1 Å². The fourth-order valence-electron chi connectivity index (χ4n) is 9.76. The number of nitrogens with zero attached hydrogens (tertiary/aromatic N) is 1. The number of hydrogen-bond acceptors (Lipinski definition) is 2. The molecule has 0 unspecified atom stereocenters. The molecule has 2 nitrogen and oxygen atoms in total. The van der Waals surface area contributed by atoms with Gasteiger partial charge < -0.3 is 9.32 Å². The number of hydrogen-bond donors (Lipinski definition) is 0. The Morgan fingerprint density at radius 1 is 0.520 bits per heavy atom. The first-order valence-electron chi connectivity index (χ1n) is 18.5. The summed E-state index contributed by atoms with van der Waals surface area (Å²) in [5.74, 6) is 0.560. The van der Waals surface area contributed by atoms with Crippen molar-refractivity contribution in [2.75, 3.05) is 4.90 Å². The van der Waals surface area contributed by atoms with Gasteiger partial charge in [-0.15, -0.1) is 0 Å². The highest BCUT2D eigenvalue weighted by molar-refractivity contribution is 6.11. The molecule has 246 valence electrons. The molecule has 0 radical (unpaired) electrons. The number of anilines is 3. The van der Waals surface area contributed by atoms with Crippen LogP contribution in [0.25, 0.3) is 44.2 Å². The van der Waals surface area contributed by atoms with Gasteiger partial charge in [0.05, 0.1) is 5.69 Å². The Morgan fingerprint density at radius 2 is 1.06 bits per heavy atom. The van der Waals surface area contributed by atoms with E-state index in [4.69, 9.17) is 4.42 Å². The van der Waals surface area contributed by atoms with Crippen LogP contribution in [0.1, 0.15) is 93.5 Å². The summed E-state index contributed by atoms with van der Waals surface area (Å²) in [6.45, 7) is 9.51. The van der Waals surface area contributed by atoms with E-state index in [-0.39, 0.29) is 10.8 Å². The molecule has 3 aliphatic rings. The van der Waals surface area contributed by atoms with E-state index >= 15 is 0 Å². The van der Waals surface area contributed by atoms with Gasteiger partial charge in [0.1, 0.15) is 5.58 Å². The summed E-state index contributed by atoms with van der Waals surface area (Å²) in [4.78, 5) is 2.51. The van der Waals surface area contributed by atoms with Crippen LogP contribution in [0.5, 0.6) is 0 Å². The van der Waals surface area contributed by atoms with Crippen molar-refractivity contribution in [1.29, 1.82) is 0 Å². The Kier molecular flexibility index (Phi) is 6.38. The summed E-state index contributed by atoms with van der Waals surface area (Å²) in [7, 11) is 0. The van der Waals surface area contributed by atoms with Gasteiger partial charge in [-0.25, -0.2) is 0 Å². The van der Waals surface area contributed by atoms with Gasteiger partial charge in [0.15, 0.2) is 5.58 Å². The van der Waals surface area contributed by atoms with Crippen molar-refractivity contribution in [2.24, 2.45) is 0 Å². The molecule has 1 heterocycles. The quantitative estimate of drug-likeness (QED) is 0.189. The standard InChI is InChI=1S/C48H43NO/c1-47(2)40-19-11-8-16-34(40)36-24-22-32(28-42(36)47)49(33-23-25-37-35-17-9-12-20-41(35)48(3,4)43(37)29-33)44-27-31(30-14-6-5-7-15-30)26-39-38-18-10-13-21-45(38)50-46(39)44/h8-13,16-30H,5-7,14-15H2,1-4H3. The molecule has 0 saturated heterocycles. The van der Waals surface area contributed by atoms with Crippen molar-refractivity contribution >= 4 is 39.0 Å². The first-order chi connectivity index (χ1) is 24.3. The average molecular weight is 650 g/mol. The number of fused-ring (bicyclic) bond motifs is 9. The van der Waals surface area contributed by atoms with Crippen LogP contribution in [-0.4, -0.2) is 0 Å². The van der Waals surface area contributed by atoms with E-state index in [1.54, 1.807) is 0 Å². The Labute approximate surface area is 295 Å². The van der Waals surface area contributed by atoms with Gasteiger partial charge in [-0.05, 0) is 111 Å². The molecule has 1 fully saturated rings. The molecule has 3 aliphatic carbocycles. The highest BCUT2D eigenvalue weighted by Crippen LogP contribution is 2.54. The lowest BCUT2D eigenvalue weighted by atomic mass is 9.82. The Balaban J connectivity index is 1.25. The topological polar surface area (TPSA) is 16.4 Å². The van der Waals surface area contributed by atoms with E-state index in [1.807, 2.05) is 0 Å². The number of para-hydroxylation sites is 1. The molecule has 0 bridgehead atoms. The van der Waals surface area contributed by atoms with Gasteiger partial charge in [0, 0.05) is 33.0 Å². The summed E-state index contributed by atoms with van der Waals surface area (Å²) in [6, 6.07) is 45.7. The minimum absolute atomic E-state index is 0.103. The highest BCUT2D eigenvalue weighted by atomic mass is 16.3. The van der Waals surface area contributed by atoms with Crippen LogP contribution in [0, 0.1) is 0 Å². The average Bonchev–Trinajstić information content (AvgIpc) is 3.72. The summed E-state index contributed by atoms with van der Waals surface area (Å²) < 4.78 is 6.88. The maximum absolute atomic E-state index is 6.88. The fourth-order valence-corrected chi connectivity index (χ4v) is 9.76. The van der Waals surface area contributed by atoms with E-state index in [9.17, 15) is 0 Å². The molecular weight excluding hydrogens is 607 g/mol. The van der Waals surface area contributed by atoms with Crippen molar-refractivity contribution in [3.8, 4) is 22.3 Å². The first-order valence-corrected chi connectivity index (χ1v) is 18.5. The predicted molar refractivity (Wildman–Crippen MR) is 209 cm³/mol. The molecule has 1 saturated carbocycles. The zero-order chi connectivity index (χ0) is 33.8. The summed E-state index contributed by atoms with van der Waals surface area (Å²) in [6.07, 6.45) is 6.44. The first kappa shape index (κ1) is 29.8. The maximum atomic E-state index is 6.88. The van der Waals surface area contributed by atoms with Gasteiger partial charge >= 0.3 is 0 Å². The largest absolute Gasteiger partial charge is 0.454 e. The Hall–Kier alpha value is -5.08. The van der Waals surface area contributed by atoms with Crippen molar-refractivity contribution < 1.29 is 4.42 Å². The Bertz CT molecular complexity index is 2380. The van der Waals surface area contributed by atoms with Crippen molar-refractivity contribution in [3.05, 3.63) is 149 Å². The van der Waals surface area contributed by atoms with Gasteiger partial charge in [-0.2, -0.15) is 0 Å². The number of furan rings is 1. The molecule has 0 spiro atoms. The lowest BCUT2D eigenvalue weighted by Gasteiger charge is -2.31.